The molecule has 1 aromatic rings. The van der Waals surface area contributed by atoms with E-state index in [9.17, 15) is 18.0 Å². The highest BCUT2D eigenvalue weighted by Gasteiger charge is 2.80. The highest BCUT2D eigenvalue weighted by Crippen LogP contribution is 2.56. The first-order valence-electron chi connectivity index (χ1n) is 8.50. The first kappa shape index (κ1) is 18.4. The number of hydrogen-bond donors (Lipinski definition) is 0. The van der Waals surface area contributed by atoms with Crippen LogP contribution < -0.4 is 0 Å². The topological polar surface area (TPSA) is 108 Å². The Kier molecular flexibility index (Phi) is 4.08. The maximum absolute atomic E-state index is 12.8. The van der Waals surface area contributed by atoms with Gasteiger partial charge in [-0.3, -0.25) is 4.90 Å². The van der Waals surface area contributed by atoms with Crippen molar-refractivity contribution in [2.45, 2.75) is 42.7 Å². The number of hydrogen-bond acceptors (Lipinski definition) is 9. The minimum Gasteiger partial charge on any atom is -0.467 e. The summed E-state index contributed by atoms with van der Waals surface area (Å²) in [6.45, 7) is 0. The van der Waals surface area contributed by atoms with Gasteiger partial charge in [-0.25, -0.2) is 13.8 Å². The van der Waals surface area contributed by atoms with Gasteiger partial charge in [-0.05, 0) is 32.0 Å². The average molecular weight is 397 g/mol. The fourth-order valence-electron chi connectivity index (χ4n) is 4.42. The van der Waals surface area contributed by atoms with Crippen LogP contribution in [0.1, 0.15) is 29.6 Å². The maximum atomic E-state index is 12.8. The number of fused-ring (bicyclic) bond motifs is 4. The zero-order valence-electron chi connectivity index (χ0n) is 14.8. The number of piperidine rings is 1. The standard InChI is InChI=1S/C17H19NO8S/c1-18-12-8-9-13(18)17(15(20)23-2)16(10-12,25-27(21,22)26-17)24-14(19)11-6-4-3-5-7-11/h3-7,12-13H,8-10H2,1-2H3/t12-,13+,16+,17+/m1/s1. The molecule has 27 heavy (non-hydrogen) atoms. The molecule has 10 heteroatoms. The minimum absolute atomic E-state index is 0.0348. The highest BCUT2D eigenvalue weighted by atomic mass is 32.3. The van der Waals surface area contributed by atoms with Gasteiger partial charge in [-0.2, -0.15) is 12.6 Å². The van der Waals surface area contributed by atoms with Crippen LogP contribution in [0.2, 0.25) is 0 Å². The van der Waals surface area contributed by atoms with E-state index in [1.807, 2.05) is 4.90 Å². The Hall–Kier alpha value is -2.01. The Morgan fingerprint density at radius 2 is 1.89 bits per heavy atom. The van der Waals surface area contributed by atoms with E-state index >= 15 is 0 Å². The number of esters is 2. The molecule has 3 heterocycles. The third kappa shape index (κ3) is 2.51. The van der Waals surface area contributed by atoms with Gasteiger partial charge in [-0.1, -0.05) is 18.2 Å². The van der Waals surface area contributed by atoms with Crippen LogP contribution in [0.3, 0.4) is 0 Å². The van der Waals surface area contributed by atoms with Crippen LogP contribution in [-0.4, -0.2) is 62.9 Å². The summed E-state index contributed by atoms with van der Waals surface area (Å²) in [5, 5.41) is 0. The lowest BCUT2D eigenvalue weighted by molar-refractivity contribution is -0.252. The highest BCUT2D eigenvalue weighted by molar-refractivity contribution is 7.82. The Balaban J connectivity index is 1.84. The number of rotatable bonds is 3. The molecule has 3 aliphatic heterocycles. The van der Waals surface area contributed by atoms with E-state index < -0.39 is 39.8 Å². The number of benzene rings is 1. The van der Waals surface area contributed by atoms with Crippen LogP contribution in [0.15, 0.2) is 30.3 Å². The molecule has 0 spiro atoms. The third-order valence-corrected chi connectivity index (χ3v) is 6.55. The van der Waals surface area contributed by atoms with Crippen molar-refractivity contribution in [1.29, 1.82) is 0 Å². The van der Waals surface area contributed by atoms with Crippen LogP contribution >= 0.6 is 0 Å². The van der Waals surface area contributed by atoms with E-state index in [4.69, 9.17) is 17.8 Å². The number of nitrogens with zero attached hydrogens (tertiary/aromatic N) is 1. The first-order valence-corrected chi connectivity index (χ1v) is 9.83. The molecule has 4 atom stereocenters. The van der Waals surface area contributed by atoms with Crippen molar-refractivity contribution in [2.24, 2.45) is 0 Å². The van der Waals surface area contributed by atoms with E-state index in [0.29, 0.717) is 12.8 Å². The largest absolute Gasteiger partial charge is 0.467 e. The van der Waals surface area contributed by atoms with Gasteiger partial charge in [0.1, 0.15) is 0 Å². The lowest BCUT2D eigenvalue weighted by Crippen LogP contribution is -2.72. The van der Waals surface area contributed by atoms with Crippen LogP contribution in [-0.2, 0) is 33.0 Å². The van der Waals surface area contributed by atoms with Crippen molar-refractivity contribution in [1.82, 2.24) is 4.90 Å². The molecule has 0 aliphatic carbocycles. The summed E-state index contributed by atoms with van der Waals surface area (Å²) in [6, 6.07) is 7.24. The van der Waals surface area contributed by atoms with Gasteiger partial charge >= 0.3 is 22.3 Å². The lowest BCUT2D eigenvalue weighted by atomic mass is 9.79. The molecule has 3 saturated heterocycles. The van der Waals surface area contributed by atoms with Gasteiger partial charge in [-0.15, -0.1) is 0 Å². The van der Waals surface area contributed by atoms with Gasteiger partial charge in [0.15, 0.2) is 0 Å². The molecule has 4 rings (SSSR count). The van der Waals surface area contributed by atoms with Crippen molar-refractivity contribution in [3.05, 3.63) is 35.9 Å². The Bertz CT molecular complexity index is 887. The smallest absolute Gasteiger partial charge is 0.404 e. The van der Waals surface area contributed by atoms with Crippen LogP contribution in [0, 0.1) is 0 Å². The maximum Gasteiger partial charge on any atom is 0.404 e. The first-order chi connectivity index (χ1) is 12.7. The van der Waals surface area contributed by atoms with Crippen LogP contribution in [0.25, 0.3) is 0 Å². The van der Waals surface area contributed by atoms with Crippen LogP contribution in [0.4, 0.5) is 0 Å². The van der Waals surface area contributed by atoms with Gasteiger partial charge in [0.2, 0.25) is 0 Å². The van der Waals surface area contributed by atoms with E-state index in [-0.39, 0.29) is 18.0 Å². The molecule has 0 unspecified atom stereocenters. The van der Waals surface area contributed by atoms with E-state index in [0.717, 1.165) is 7.11 Å². The summed E-state index contributed by atoms with van der Waals surface area (Å²) in [6.07, 6.45) is 1.12. The molecule has 146 valence electrons. The molecule has 0 radical (unpaired) electrons. The Labute approximate surface area is 156 Å². The van der Waals surface area contributed by atoms with E-state index in [2.05, 4.69) is 0 Å². The third-order valence-electron chi connectivity index (χ3n) is 5.61. The average Bonchev–Trinajstić information content (AvgIpc) is 3.06. The number of likely N-dealkylation sites (N-methyl/N-ethyl adjacent to an activating group) is 1. The fourth-order valence-corrected chi connectivity index (χ4v) is 5.63. The van der Waals surface area contributed by atoms with Crippen molar-refractivity contribution in [2.75, 3.05) is 14.2 Å². The van der Waals surface area contributed by atoms with Gasteiger partial charge in [0.25, 0.3) is 11.4 Å². The molecule has 1 aromatic carbocycles. The van der Waals surface area contributed by atoms with Gasteiger partial charge in [0.05, 0.1) is 18.7 Å². The minimum atomic E-state index is -4.58. The summed E-state index contributed by atoms with van der Waals surface area (Å²) in [7, 11) is -1.69. The molecule has 3 aliphatic rings. The second-order valence-electron chi connectivity index (χ2n) is 6.93. The summed E-state index contributed by atoms with van der Waals surface area (Å²) in [5.41, 5.74) is -1.92. The second kappa shape index (κ2) is 5.99. The quantitative estimate of drug-likeness (QED) is 0.678. The van der Waals surface area contributed by atoms with E-state index in [1.165, 1.54) is 12.1 Å². The van der Waals surface area contributed by atoms with Gasteiger partial charge in [0, 0.05) is 12.5 Å². The van der Waals surface area contributed by atoms with E-state index in [1.54, 1.807) is 25.2 Å². The zero-order chi connectivity index (χ0) is 19.4. The van der Waals surface area contributed by atoms with Crippen LogP contribution in [0.5, 0.6) is 0 Å². The van der Waals surface area contributed by atoms with Crippen molar-refractivity contribution >= 4 is 22.3 Å². The summed E-state index contributed by atoms with van der Waals surface area (Å²) in [4.78, 5) is 27.4. The molecule has 0 aromatic heterocycles. The Morgan fingerprint density at radius 1 is 1.19 bits per heavy atom. The molecule has 3 fully saturated rings. The number of methoxy groups -OCH3 is 1. The molecule has 0 N–H and O–H groups in total. The Morgan fingerprint density at radius 3 is 2.56 bits per heavy atom. The second-order valence-corrected chi connectivity index (χ2v) is 8.08. The van der Waals surface area contributed by atoms with Crippen molar-refractivity contribution in [3.63, 3.8) is 0 Å². The van der Waals surface area contributed by atoms with Gasteiger partial charge < -0.3 is 9.47 Å². The zero-order valence-corrected chi connectivity index (χ0v) is 15.6. The van der Waals surface area contributed by atoms with Crippen molar-refractivity contribution < 1.29 is 35.8 Å². The molecule has 2 bridgehead atoms. The number of carbonyl (C=O) groups excluding carboxylic acids is 2. The normalized spacial score (nSPS) is 36.8. The SMILES string of the molecule is COC(=O)[C@]12OS(=O)(=O)O[C@@]1(OC(=O)c1ccccc1)C[C@H]1CC[C@@H]2N1C. The lowest BCUT2D eigenvalue weighted by Gasteiger charge is -2.48. The molecule has 0 amide bonds. The summed E-state index contributed by atoms with van der Waals surface area (Å²) >= 11 is 0. The molecule has 0 saturated carbocycles. The summed E-state index contributed by atoms with van der Waals surface area (Å²) < 4.78 is 45.4. The number of ether oxygens (including phenoxy) is 2. The predicted molar refractivity (Wildman–Crippen MR) is 89.6 cm³/mol. The van der Waals surface area contributed by atoms with Crippen molar-refractivity contribution in [3.8, 4) is 0 Å². The summed E-state index contributed by atoms with van der Waals surface area (Å²) in [5.74, 6) is -3.89. The molecular formula is C17H19NO8S. The fraction of sp³-hybridized carbons (Fsp3) is 0.529. The molecule has 9 nitrogen and oxygen atoms in total. The molecular weight excluding hydrogens is 378 g/mol. The monoisotopic (exact) mass is 397 g/mol. The predicted octanol–water partition coefficient (Wildman–Crippen LogP) is 0.610. The number of carbonyl (C=O) groups is 2.